The molecule has 3 aliphatic rings. The number of hydrogen-bond donors (Lipinski definition) is 0. The highest BCUT2D eigenvalue weighted by Gasteiger charge is 2.30. The average molecular weight is 363 g/mol. The number of allylic oxidation sites excluding steroid dienone is 4. The van der Waals surface area contributed by atoms with E-state index in [2.05, 4.69) is 18.8 Å². The predicted molar refractivity (Wildman–Crippen MR) is 99.9 cm³/mol. The minimum absolute atomic E-state index is 0.220. The molecule has 0 aromatic heterocycles. The third kappa shape index (κ3) is 4.96. The standard InChI is InChI=1S/C23H30F3/c1-2-3-16-6-10-19(11-7-16)20-12-8-17(9-13-20)4-5-18-14-21(24)23(26)22(25)15-18/h14,16-17,19-20H,2-3,6-13,15H2,1H3/t16-,17?,19-,20?. The van der Waals surface area contributed by atoms with Gasteiger partial charge >= 0.3 is 0 Å². The maximum absolute atomic E-state index is 13.3. The van der Waals surface area contributed by atoms with Crippen molar-refractivity contribution in [1.29, 1.82) is 0 Å². The highest BCUT2D eigenvalue weighted by molar-refractivity contribution is 5.43. The third-order valence-electron chi connectivity index (χ3n) is 6.56. The van der Waals surface area contributed by atoms with Gasteiger partial charge in [0.05, 0.1) is 5.92 Å². The Hall–Kier alpha value is -1.17. The highest BCUT2D eigenvalue weighted by Crippen LogP contribution is 2.42. The highest BCUT2D eigenvalue weighted by atomic mass is 19.2. The van der Waals surface area contributed by atoms with Crippen molar-refractivity contribution in [3.63, 3.8) is 0 Å². The van der Waals surface area contributed by atoms with Gasteiger partial charge in [0, 0.05) is 12.3 Å². The van der Waals surface area contributed by atoms with Crippen molar-refractivity contribution in [3.8, 4) is 11.8 Å². The van der Waals surface area contributed by atoms with Crippen LogP contribution in [0.1, 0.15) is 77.6 Å². The van der Waals surface area contributed by atoms with Crippen LogP contribution in [0.15, 0.2) is 23.6 Å². The number of rotatable bonds is 3. The van der Waals surface area contributed by atoms with E-state index in [-0.39, 0.29) is 6.42 Å². The second kappa shape index (κ2) is 9.16. The van der Waals surface area contributed by atoms with Crippen molar-refractivity contribution < 1.29 is 13.2 Å². The van der Waals surface area contributed by atoms with Gasteiger partial charge in [-0.05, 0) is 62.4 Å². The molecule has 0 saturated heterocycles. The van der Waals surface area contributed by atoms with E-state index in [9.17, 15) is 13.2 Å². The quantitative estimate of drug-likeness (QED) is 0.459. The van der Waals surface area contributed by atoms with Gasteiger partial charge < -0.3 is 0 Å². The Kier molecular flexibility index (Phi) is 6.90. The van der Waals surface area contributed by atoms with Crippen molar-refractivity contribution >= 4 is 0 Å². The molecule has 26 heavy (non-hydrogen) atoms. The van der Waals surface area contributed by atoms with Crippen LogP contribution in [0.5, 0.6) is 0 Å². The van der Waals surface area contributed by atoms with Crippen LogP contribution >= 0.6 is 0 Å². The van der Waals surface area contributed by atoms with E-state index in [4.69, 9.17) is 0 Å². The lowest BCUT2D eigenvalue weighted by Gasteiger charge is -2.37. The maximum atomic E-state index is 13.3. The summed E-state index contributed by atoms with van der Waals surface area (Å²) < 4.78 is 39.6. The van der Waals surface area contributed by atoms with Gasteiger partial charge in [-0.2, -0.15) is 0 Å². The van der Waals surface area contributed by atoms with Gasteiger partial charge in [0.1, 0.15) is 5.83 Å². The first kappa shape index (κ1) is 19.6. The summed E-state index contributed by atoms with van der Waals surface area (Å²) in [5.74, 6) is 5.87. The first-order valence-corrected chi connectivity index (χ1v) is 10.4. The number of hydrogen-bond acceptors (Lipinski definition) is 0. The van der Waals surface area contributed by atoms with Crippen molar-refractivity contribution in [2.75, 3.05) is 0 Å². The zero-order valence-corrected chi connectivity index (χ0v) is 15.8. The van der Waals surface area contributed by atoms with Crippen LogP contribution in [0.3, 0.4) is 0 Å². The van der Waals surface area contributed by atoms with Crippen LogP contribution in [0.25, 0.3) is 0 Å². The van der Waals surface area contributed by atoms with Crippen molar-refractivity contribution in [2.45, 2.75) is 77.6 Å². The minimum atomic E-state index is -1.37. The average Bonchev–Trinajstić information content (AvgIpc) is 2.66. The molecule has 0 aromatic rings. The predicted octanol–water partition coefficient (Wildman–Crippen LogP) is 7.38. The van der Waals surface area contributed by atoms with Crippen LogP contribution in [-0.4, -0.2) is 0 Å². The molecule has 0 unspecified atom stereocenters. The van der Waals surface area contributed by atoms with Crippen molar-refractivity contribution in [3.05, 3.63) is 29.5 Å². The van der Waals surface area contributed by atoms with Crippen molar-refractivity contribution in [2.24, 2.45) is 23.7 Å². The normalized spacial score (nSPS) is 33.5. The van der Waals surface area contributed by atoms with Crippen LogP contribution in [0.2, 0.25) is 0 Å². The monoisotopic (exact) mass is 363 g/mol. The van der Waals surface area contributed by atoms with E-state index in [1.54, 1.807) is 0 Å². The topological polar surface area (TPSA) is 0 Å². The van der Waals surface area contributed by atoms with Crippen molar-refractivity contribution in [1.82, 2.24) is 0 Å². The van der Waals surface area contributed by atoms with Gasteiger partial charge in [-0.15, -0.1) is 0 Å². The van der Waals surface area contributed by atoms with Gasteiger partial charge in [0.25, 0.3) is 0 Å². The summed E-state index contributed by atoms with van der Waals surface area (Å²) in [5.41, 5.74) is 0. The lowest BCUT2D eigenvalue weighted by molar-refractivity contribution is 0.154. The maximum Gasteiger partial charge on any atom is 0.189 e. The van der Waals surface area contributed by atoms with E-state index in [1.165, 1.54) is 51.4 Å². The first-order chi connectivity index (χ1) is 12.6. The zero-order chi connectivity index (χ0) is 18.5. The molecule has 0 N–H and O–H groups in total. The first-order valence-electron chi connectivity index (χ1n) is 10.4. The summed E-state index contributed by atoms with van der Waals surface area (Å²) in [4.78, 5) is 0. The molecule has 2 saturated carbocycles. The van der Waals surface area contributed by atoms with E-state index >= 15 is 0 Å². The number of halogens is 3. The molecule has 0 nitrogen and oxygen atoms in total. The molecular weight excluding hydrogens is 333 g/mol. The van der Waals surface area contributed by atoms with Gasteiger partial charge in [0.2, 0.25) is 0 Å². The zero-order valence-electron chi connectivity index (χ0n) is 15.8. The molecule has 0 aliphatic heterocycles. The molecular formula is C23H30F3. The Balaban J connectivity index is 1.44. The largest absolute Gasteiger partial charge is 0.208 e. The Morgan fingerprint density at radius 3 is 2.12 bits per heavy atom. The van der Waals surface area contributed by atoms with Crippen LogP contribution < -0.4 is 0 Å². The fourth-order valence-electron chi connectivity index (χ4n) is 5.01. The molecule has 0 bridgehead atoms. The van der Waals surface area contributed by atoms with E-state index in [0.717, 1.165) is 36.7 Å². The molecule has 143 valence electrons. The van der Waals surface area contributed by atoms with Gasteiger partial charge in [0.15, 0.2) is 11.7 Å². The van der Waals surface area contributed by atoms with Gasteiger partial charge in [-0.1, -0.05) is 44.4 Å². The minimum Gasteiger partial charge on any atom is -0.208 e. The molecule has 1 radical (unpaired) electrons. The van der Waals surface area contributed by atoms with Crippen LogP contribution in [-0.2, 0) is 0 Å². The molecule has 0 heterocycles. The molecule has 0 spiro atoms. The van der Waals surface area contributed by atoms with E-state index < -0.39 is 17.5 Å². The van der Waals surface area contributed by atoms with Crippen LogP contribution in [0, 0.1) is 41.4 Å². The molecule has 0 amide bonds. The SMILES string of the molecule is CCC[C@H]1CC[C@H](C2CCC(C#C[C]3C=C(F)C(F)=C(F)C3)CC2)CC1. The fraction of sp³-hybridized carbons (Fsp3) is 0.696. The smallest absolute Gasteiger partial charge is 0.189 e. The molecule has 3 heteroatoms. The second-order valence-electron chi connectivity index (χ2n) is 8.36. The van der Waals surface area contributed by atoms with Gasteiger partial charge in [-0.25, -0.2) is 13.2 Å². The molecule has 0 aromatic carbocycles. The van der Waals surface area contributed by atoms with Gasteiger partial charge in [-0.3, -0.25) is 0 Å². The molecule has 2 fully saturated rings. The van der Waals surface area contributed by atoms with Crippen LogP contribution in [0.4, 0.5) is 13.2 Å². The molecule has 3 aliphatic carbocycles. The fourth-order valence-corrected chi connectivity index (χ4v) is 5.01. The second-order valence-corrected chi connectivity index (χ2v) is 8.36. The summed E-state index contributed by atoms with van der Waals surface area (Å²) in [7, 11) is 0. The summed E-state index contributed by atoms with van der Waals surface area (Å²) in [6.07, 6.45) is 13.7. The third-order valence-corrected chi connectivity index (χ3v) is 6.56. The molecule has 3 rings (SSSR count). The summed E-state index contributed by atoms with van der Waals surface area (Å²) in [6.45, 7) is 2.28. The lowest BCUT2D eigenvalue weighted by atomic mass is 9.69. The Morgan fingerprint density at radius 1 is 0.923 bits per heavy atom. The summed E-state index contributed by atoms with van der Waals surface area (Å²) in [6, 6.07) is 0. The lowest BCUT2D eigenvalue weighted by Crippen LogP contribution is -2.25. The van der Waals surface area contributed by atoms with E-state index in [1.807, 2.05) is 0 Å². The Labute approximate surface area is 156 Å². The molecule has 0 atom stereocenters. The summed E-state index contributed by atoms with van der Waals surface area (Å²) >= 11 is 0. The Bertz CT molecular complexity index is 591. The van der Waals surface area contributed by atoms with E-state index in [0.29, 0.717) is 11.8 Å². The summed E-state index contributed by atoms with van der Waals surface area (Å²) in [5, 5.41) is 0. The Morgan fingerprint density at radius 2 is 1.54 bits per heavy atom.